The average Bonchev–Trinajstić information content (AvgIpc) is 2.53. The molecule has 0 aromatic carbocycles. The number of carbonyl (C=O) groups excluding carboxylic acids is 1. The van der Waals surface area contributed by atoms with E-state index in [1.54, 1.807) is 0 Å². The molecule has 2 heterocycles. The van der Waals surface area contributed by atoms with Crippen LogP contribution in [0.3, 0.4) is 0 Å². The van der Waals surface area contributed by atoms with Crippen LogP contribution in [0.4, 0.5) is 0 Å². The maximum absolute atomic E-state index is 11.6. The molecule has 2 saturated heterocycles. The highest BCUT2D eigenvalue weighted by atomic mass is 16.6. The summed E-state index contributed by atoms with van der Waals surface area (Å²) >= 11 is 0. The van der Waals surface area contributed by atoms with Crippen LogP contribution in [0.15, 0.2) is 0 Å². The van der Waals surface area contributed by atoms with Crippen molar-refractivity contribution < 1.29 is 14.3 Å². The lowest BCUT2D eigenvalue weighted by Gasteiger charge is -2.25. The first-order chi connectivity index (χ1) is 7.86. The molecular formula is C11H20N2O3. The molecule has 2 aliphatic rings. The van der Waals surface area contributed by atoms with Crippen LogP contribution >= 0.6 is 0 Å². The minimum atomic E-state index is -0.0620. The zero-order valence-corrected chi connectivity index (χ0v) is 9.54. The van der Waals surface area contributed by atoms with Crippen LogP contribution in [0.1, 0.15) is 19.3 Å². The minimum Gasteiger partial charge on any atom is -0.376 e. The van der Waals surface area contributed by atoms with Gasteiger partial charge in [-0.25, -0.2) is 0 Å². The Morgan fingerprint density at radius 2 is 2.31 bits per heavy atom. The molecule has 1 amide bonds. The molecular weight excluding hydrogens is 208 g/mol. The summed E-state index contributed by atoms with van der Waals surface area (Å²) in [5, 5.41) is 6.17. The summed E-state index contributed by atoms with van der Waals surface area (Å²) in [6.45, 7) is 3.46. The normalized spacial score (nSPS) is 31.9. The molecule has 92 valence electrons. The van der Waals surface area contributed by atoms with Crippen molar-refractivity contribution in [2.75, 3.05) is 32.9 Å². The van der Waals surface area contributed by atoms with Crippen molar-refractivity contribution in [2.45, 2.75) is 31.4 Å². The maximum atomic E-state index is 11.6. The predicted octanol–water partition coefficient (Wildman–Crippen LogP) is -0.340. The third kappa shape index (κ3) is 3.43. The number of ether oxygens (including phenoxy) is 2. The van der Waals surface area contributed by atoms with E-state index in [4.69, 9.17) is 9.47 Å². The molecule has 16 heavy (non-hydrogen) atoms. The summed E-state index contributed by atoms with van der Waals surface area (Å²) in [5.74, 6) is 0.120. The van der Waals surface area contributed by atoms with E-state index in [0.717, 1.165) is 25.8 Å². The van der Waals surface area contributed by atoms with Crippen molar-refractivity contribution in [1.29, 1.82) is 0 Å². The van der Waals surface area contributed by atoms with Gasteiger partial charge in [0.2, 0.25) is 5.91 Å². The highest BCUT2D eigenvalue weighted by molar-refractivity contribution is 5.81. The second-order valence-electron chi connectivity index (χ2n) is 4.32. The number of hydrogen-bond acceptors (Lipinski definition) is 4. The van der Waals surface area contributed by atoms with E-state index in [9.17, 15) is 4.79 Å². The molecule has 0 spiro atoms. The molecule has 2 atom stereocenters. The van der Waals surface area contributed by atoms with Crippen molar-refractivity contribution in [1.82, 2.24) is 10.6 Å². The monoisotopic (exact) mass is 228 g/mol. The lowest BCUT2D eigenvalue weighted by Crippen LogP contribution is -2.47. The molecule has 0 saturated carbocycles. The Bertz CT molecular complexity index is 229. The van der Waals surface area contributed by atoms with Crippen molar-refractivity contribution in [3.63, 3.8) is 0 Å². The number of carbonyl (C=O) groups is 1. The number of nitrogens with one attached hydrogen (secondary N) is 2. The first kappa shape index (κ1) is 11.8. The van der Waals surface area contributed by atoms with Gasteiger partial charge in [0.25, 0.3) is 0 Å². The molecule has 0 aromatic rings. The highest BCUT2D eigenvalue weighted by Crippen LogP contribution is 2.06. The lowest BCUT2D eigenvalue weighted by molar-refractivity contribution is -0.123. The maximum Gasteiger partial charge on any atom is 0.237 e. The molecule has 0 aliphatic carbocycles. The molecule has 2 N–H and O–H groups in total. The predicted molar refractivity (Wildman–Crippen MR) is 59.2 cm³/mol. The SMILES string of the molecule is O=C1NCCCCC1NCC1COCCO1. The summed E-state index contributed by atoms with van der Waals surface area (Å²) in [6, 6.07) is -0.0620. The fourth-order valence-corrected chi connectivity index (χ4v) is 2.06. The third-order valence-corrected chi connectivity index (χ3v) is 3.01. The van der Waals surface area contributed by atoms with E-state index in [2.05, 4.69) is 10.6 Å². The Balaban J connectivity index is 1.72. The summed E-state index contributed by atoms with van der Waals surface area (Å²) in [6.07, 6.45) is 3.18. The standard InChI is InChI=1S/C11H20N2O3/c14-11-10(3-1-2-4-12-11)13-7-9-8-15-5-6-16-9/h9-10,13H,1-8H2,(H,12,14). The van der Waals surface area contributed by atoms with Gasteiger partial charge in [0.05, 0.1) is 32.0 Å². The molecule has 2 aliphatic heterocycles. The largest absolute Gasteiger partial charge is 0.376 e. The van der Waals surface area contributed by atoms with E-state index < -0.39 is 0 Å². The summed E-state index contributed by atoms with van der Waals surface area (Å²) in [4.78, 5) is 11.6. The Labute approximate surface area is 95.9 Å². The van der Waals surface area contributed by atoms with Gasteiger partial charge in [-0.3, -0.25) is 4.79 Å². The Kier molecular flexibility index (Phi) is 4.56. The van der Waals surface area contributed by atoms with Crippen molar-refractivity contribution in [2.24, 2.45) is 0 Å². The Morgan fingerprint density at radius 1 is 1.38 bits per heavy atom. The second kappa shape index (κ2) is 6.18. The van der Waals surface area contributed by atoms with Crippen LogP contribution in [-0.2, 0) is 14.3 Å². The summed E-state index contributed by atoms with van der Waals surface area (Å²) < 4.78 is 10.8. The Morgan fingerprint density at radius 3 is 3.12 bits per heavy atom. The van der Waals surface area contributed by atoms with Crippen LogP contribution in [0.25, 0.3) is 0 Å². The Hall–Kier alpha value is -0.650. The molecule has 5 heteroatoms. The number of amides is 1. The van der Waals surface area contributed by atoms with Crippen LogP contribution in [0.5, 0.6) is 0 Å². The van der Waals surface area contributed by atoms with Crippen molar-refractivity contribution >= 4 is 5.91 Å². The summed E-state index contributed by atoms with van der Waals surface area (Å²) in [5.41, 5.74) is 0. The van der Waals surface area contributed by atoms with Gasteiger partial charge in [-0.1, -0.05) is 0 Å². The third-order valence-electron chi connectivity index (χ3n) is 3.01. The quantitative estimate of drug-likeness (QED) is 0.694. The molecule has 5 nitrogen and oxygen atoms in total. The number of hydrogen-bond donors (Lipinski definition) is 2. The highest BCUT2D eigenvalue weighted by Gasteiger charge is 2.22. The van der Waals surface area contributed by atoms with Crippen LogP contribution < -0.4 is 10.6 Å². The molecule has 0 bridgehead atoms. The van der Waals surface area contributed by atoms with Gasteiger partial charge in [-0.15, -0.1) is 0 Å². The first-order valence-electron chi connectivity index (χ1n) is 6.07. The zero-order valence-electron chi connectivity index (χ0n) is 9.54. The molecule has 0 aromatic heterocycles. The van der Waals surface area contributed by atoms with E-state index in [-0.39, 0.29) is 18.1 Å². The van der Waals surface area contributed by atoms with E-state index >= 15 is 0 Å². The van der Waals surface area contributed by atoms with Crippen LogP contribution in [-0.4, -0.2) is 51.0 Å². The topological polar surface area (TPSA) is 59.6 Å². The molecule has 0 radical (unpaired) electrons. The van der Waals surface area contributed by atoms with E-state index in [1.165, 1.54) is 0 Å². The summed E-state index contributed by atoms with van der Waals surface area (Å²) in [7, 11) is 0. The van der Waals surface area contributed by atoms with Gasteiger partial charge in [0, 0.05) is 13.1 Å². The second-order valence-corrected chi connectivity index (χ2v) is 4.32. The fourth-order valence-electron chi connectivity index (χ4n) is 2.06. The minimum absolute atomic E-state index is 0.0620. The fraction of sp³-hybridized carbons (Fsp3) is 0.909. The average molecular weight is 228 g/mol. The molecule has 2 fully saturated rings. The van der Waals surface area contributed by atoms with Gasteiger partial charge < -0.3 is 20.1 Å². The zero-order chi connectivity index (χ0) is 11.2. The van der Waals surface area contributed by atoms with Crippen LogP contribution in [0, 0.1) is 0 Å². The van der Waals surface area contributed by atoms with Gasteiger partial charge in [0.15, 0.2) is 0 Å². The molecule has 2 rings (SSSR count). The van der Waals surface area contributed by atoms with Gasteiger partial charge in [0.1, 0.15) is 0 Å². The van der Waals surface area contributed by atoms with E-state index in [0.29, 0.717) is 26.4 Å². The van der Waals surface area contributed by atoms with Crippen LogP contribution in [0.2, 0.25) is 0 Å². The first-order valence-corrected chi connectivity index (χ1v) is 6.07. The van der Waals surface area contributed by atoms with Crippen molar-refractivity contribution in [3.05, 3.63) is 0 Å². The van der Waals surface area contributed by atoms with Gasteiger partial charge in [-0.2, -0.15) is 0 Å². The van der Waals surface area contributed by atoms with Gasteiger partial charge in [-0.05, 0) is 19.3 Å². The van der Waals surface area contributed by atoms with Crippen molar-refractivity contribution in [3.8, 4) is 0 Å². The van der Waals surface area contributed by atoms with Gasteiger partial charge >= 0.3 is 0 Å². The number of rotatable bonds is 3. The van der Waals surface area contributed by atoms with E-state index in [1.807, 2.05) is 0 Å². The lowest BCUT2D eigenvalue weighted by atomic mass is 10.1. The molecule has 2 unspecified atom stereocenters. The smallest absolute Gasteiger partial charge is 0.237 e.